The van der Waals surface area contributed by atoms with E-state index in [1.807, 2.05) is 0 Å². The molecule has 0 atom stereocenters. The third-order valence-electron chi connectivity index (χ3n) is 2.31. The summed E-state index contributed by atoms with van der Waals surface area (Å²) in [5.41, 5.74) is 0.286. The number of aliphatic hydroxyl groups is 1. The number of hydrogen-bond donors (Lipinski definition) is 3. The topological polar surface area (TPSA) is 78.4 Å². The first-order valence-corrected chi connectivity index (χ1v) is 5.96. The van der Waals surface area contributed by atoms with Gasteiger partial charge in [-0.2, -0.15) is 0 Å². The molecule has 0 saturated heterocycles. The van der Waals surface area contributed by atoms with E-state index in [4.69, 9.17) is 5.11 Å². The van der Waals surface area contributed by atoms with Crippen LogP contribution in [0.2, 0.25) is 0 Å². The number of halogens is 1. The quantitative estimate of drug-likeness (QED) is 0.537. The van der Waals surface area contributed by atoms with Crippen LogP contribution in [0, 0.1) is 17.7 Å². The van der Waals surface area contributed by atoms with Gasteiger partial charge in [0.15, 0.2) is 0 Å². The number of carbonyl (C=O) groups is 2. The molecule has 5 nitrogen and oxygen atoms in total. The van der Waals surface area contributed by atoms with Gasteiger partial charge >= 0.3 is 0 Å². The highest BCUT2D eigenvalue weighted by atomic mass is 19.1. The number of rotatable bonds is 4. The molecule has 0 aliphatic heterocycles. The first-order chi connectivity index (χ1) is 9.54. The van der Waals surface area contributed by atoms with Crippen molar-refractivity contribution in [3.8, 4) is 11.8 Å². The van der Waals surface area contributed by atoms with Crippen LogP contribution in [0.4, 0.5) is 4.39 Å². The van der Waals surface area contributed by atoms with E-state index in [2.05, 4.69) is 22.5 Å². The highest BCUT2D eigenvalue weighted by Crippen LogP contribution is 2.09. The standard InChI is InChI=1S/C14H15FN2O3/c1-10(19)16-6-7-17-14(20)12-5-4-11(3-2-8-18)9-13(12)15/h4-5,9,18H,6-8H2,1H3,(H,16,19)(H,17,20). The van der Waals surface area contributed by atoms with Crippen LogP contribution in [0.15, 0.2) is 18.2 Å². The third-order valence-corrected chi connectivity index (χ3v) is 2.31. The highest BCUT2D eigenvalue weighted by molar-refractivity contribution is 5.94. The minimum atomic E-state index is -0.688. The summed E-state index contributed by atoms with van der Waals surface area (Å²) in [7, 11) is 0. The Morgan fingerprint density at radius 2 is 2.00 bits per heavy atom. The first-order valence-electron chi connectivity index (χ1n) is 5.96. The van der Waals surface area contributed by atoms with Gasteiger partial charge in [0, 0.05) is 25.6 Å². The fourth-order valence-corrected chi connectivity index (χ4v) is 1.43. The second-order valence-electron chi connectivity index (χ2n) is 3.89. The summed E-state index contributed by atoms with van der Waals surface area (Å²) in [6, 6.07) is 3.95. The summed E-state index contributed by atoms with van der Waals surface area (Å²) < 4.78 is 13.7. The molecule has 20 heavy (non-hydrogen) atoms. The van der Waals surface area contributed by atoms with E-state index >= 15 is 0 Å². The SMILES string of the molecule is CC(=O)NCCNC(=O)c1ccc(C#CCO)cc1F. The maximum absolute atomic E-state index is 13.7. The molecule has 0 saturated carbocycles. The van der Waals surface area contributed by atoms with Crippen LogP contribution in [0.3, 0.4) is 0 Å². The molecule has 0 unspecified atom stereocenters. The zero-order chi connectivity index (χ0) is 15.0. The van der Waals surface area contributed by atoms with E-state index < -0.39 is 11.7 Å². The smallest absolute Gasteiger partial charge is 0.254 e. The molecule has 0 fully saturated rings. The predicted octanol–water partition coefficient (Wildman–Crippen LogP) is 0.0354. The van der Waals surface area contributed by atoms with E-state index in [-0.39, 0.29) is 31.2 Å². The van der Waals surface area contributed by atoms with E-state index in [9.17, 15) is 14.0 Å². The zero-order valence-corrected chi connectivity index (χ0v) is 11.0. The second kappa shape index (κ2) is 7.92. The molecular formula is C14H15FN2O3. The molecule has 106 valence electrons. The Kier molecular flexibility index (Phi) is 6.20. The van der Waals surface area contributed by atoms with Crippen LogP contribution in [0.25, 0.3) is 0 Å². The maximum Gasteiger partial charge on any atom is 0.254 e. The van der Waals surface area contributed by atoms with E-state index in [0.29, 0.717) is 5.56 Å². The van der Waals surface area contributed by atoms with Crippen molar-refractivity contribution in [3.63, 3.8) is 0 Å². The molecule has 0 radical (unpaired) electrons. The summed E-state index contributed by atoms with van der Waals surface area (Å²) in [4.78, 5) is 22.3. The van der Waals surface area contributed by atoms with Crippen molar-refractivity contribution in [2.45, 2.75) is 6.92 Å². The molecule has 6 heteroatoms. The van der Waals surface area contributed by atoms with Gasteiger partial charge in [-0.25, -0.2) is 4.39 Å². The summed E-state index contributed by atoms with van der Waals surface area (Å²) in [6.45, 7) is 1.55. The summed E-state index contributed by atoms with van der Waals surface area (Å²) >= 11 is 0. The molecular weight excluding hydrogens is 263 g/mol. The van der Waals surface area contributed by atoms with Crippen LogP contribution in [0.1, 0.15) is 22.8 Å². The Morgan fingerprint density at radius 3 is 2.60 bits per heavy atom. The lowest BCUT2D eigenvalue weighted by molar-refractivity contribution is -0.118. The van der Waals surface area contributed by atoms with Crippen molar-refractivity contribution < 1.29 is 19.1 Å². The predicted molar refractivity (Wildman–Crippen MR) is 71.4 cm³/mol. The Hall–Kier alpha value is -2.39. The molecule has 0 aliphatic rings. The number of amides is 2. The summed E-state index contributed by atoms with van der Waals surface area (Å²) in [5, 5.41) is 13.5. The molecule has 0 aromatic heterocycles. The molecule has 0 heterocycles. The van der Waals surface area contributed by atoms with Crippen LogP contribution < -0.4 is 10.6 Å². The molecule has 2 amide bonds. The largest absolute Gasteiger partial charge is 0.384 e. The number of carbonyl (C=O) groups excluding carboxylic acids is 2. The average Bonchev–Trinajstić information content (AvgIpc) is 2.41. The minimum Gasteiger partial charge on any atom is -0.384 e. The van der Waals surface area contributed by atoms with Gasteiger partial charge in [0.2, 0.25) is 5.91 Å². The fourth-order valence-electron chi connectivity index (χ4n) is 1.43. The number of nitrogens with one attached hydrogen (secondary N) is 2. The Balaban J connectivity index is 2.62. The van der Waals surface area contributed by atoms with Crippen molar-refractivity contribution in [3.05, 3.63) is 35.1 Å². The molecule has 3 N–H and O–H groups in total. The molecule has 0 spiro atoms. The molecule has 0 bridgehead atoms. The summed E-state index contributed by atoms with van der Waals surface area (Å²) in [6.07, 6.45) is 0. The van der Waals surface area contributed by atoms with Crippen LogP contribution in [-0.2, 0) is 4.79 Å². The van der Waals surface area contributed by atoms with E-state index in [1.54, 1.807) is 0 Å². The van der Waals surface area contributed by atoms with Crippen molar-refractivity contribution >= 4 is 11.8 Å². The van der Waals surface area contributed by atoms with Crippen molar-refractivity contribution in [2.75, 3.05) is 19.7 Å². The van der Waals surface area contributed by atoms with Crippen LogP contribution in [0.5, 0.6) is 0 Å². The van der Waals surface area contributed by atoms with Gasteiger partial charge in [-0.1, -0.05) is 11.8 Å². The fraction of sp³-hybridized carbons (Fsp3) is 0.286. The first kappa shape index (κ1) is 15.7. The molecule has 1 rings (SSSR count). The second-order valence-corrected chi connectivity index (χ2v) is 3.89. The van der Waals surface area contributed by atoms with Gasteiger partial charge < -0.3 is 15.7 Å². The van der Waals surface area contributed by atoms with Gasteiger partial charge in [-0.05, 0) is 18.2 Å². The maximum atomic E-state index is 13.7. The Labute approximate surface area is 116 Å². The zero-order valence-electron chi connectivity index (χ0n) is 11.0. The molecule has 1 aromatic carbocycles. The number of aliphatic hydroxyl groups excluding tert-OH is 1. The van der Waals surface area contributed by atoms with Crippen molar-refractivity contribution in [1.82, 2.24) is 10.6 Å². The van der Waals surface area contributed by atoms with Crippen molar-refractivity contribution in [2.24, 2.45) is 0 Å². The highest BCUT2D eigenvalue weighted by Gasteiger charge is 2.11. The van der Waals surface area contributed by atoms with Gasteiger partial charge in [-0.3, -0.25) is 9.59 Å². The van der Waals surface area contributed by atoms with E-state index in [0.717, 1.165) is 6.07 Å². The molecule has 0 aliphatic carbocycles. The lowest BCUT2D eigenvalue weighted by Crippen LogP contribution is -2.34. The van der Waals surface area contributed by atoms with E-state index in [1.165, 1.54) is 19.1 Å². The van der Waals surface area contributed by atoms with Crippen LogP contribution in [-0.4, -0.2) is 36.6 Å². The van der Waals surface area contributed by atoms with Gasteiger partial charge in [0.1, 0.15) is 12.4 Å². The van der Waals surface area contributed by atoms with Gasteiger partial charge in [0.25, 0.3) is 5.91 Å². The summed E-state index contributed by atoms with van der Waals surface area (Å²) in [5.74, 6) is 3.49. The van der Waals surface area contributed by atoms with Gasteiger partial charge in [-0.15, -0.1) is 0 Å². The monoisotopic (exact) mass is 278 g/mol. The number of benzene rings is 1. The van der Waals surface area contributed by atoms with Gasteiger partial charge in [0.05, 0.1) is 5.56 Å². The Bertz CT molecular complexity index is 561. The minimum absolute atomic E-state index is 0.0950. The molecule has 1 aromatic rings. The van der Waals surface area contributed by atoms with Crippen LogP contribution >= 0.6 is 0 Å². The lowest BCUT2D eigenvalue weighted by Gasteiger charge is -2.06. The normalized spacial score (nSPS) is 9.35. The average molecular weight is 278 g/mol. The third kappa shape index (κ3) is 5.08. The lowest BCUT2D eigenvalue weighted by atomic mass is 10.1. The Morgan fingerprint density at radius 1 is 1.30 bits per heavy atom. The number of hydrogen-bond acceptors (Lipinski definition) is 3. The van der Waals surface area contributed by atoms with Crippen molar-refractivity contribution in [1.29, 1.82) is 0 Å².